The highest BCUT2D eigenvalue weighted by Gasteiger charge is 2.24. The number of nitrogens with one attached hydrogen (secondary N) is 1. The maximum Gasteiger partial charge on any atom is 0.241 e. The van der Waals surface area contributed by atoms with Gasteiger partial charge in [0.2, 0.25) is 10.0 Å². The fourth-order valence-corrected chi connectivity index (χ4v) is 4.75. The van der Waals surface area contributed by atoms with Crippen molar-refractivity contribution in [1.82, 2.24) is 4.72 Å². The summed E-state index contributed by atoms with van der Waals surface area (Å²) in [5, 5.41) is 2.07. The van der Waals surface area contributed by atoms with Crippen molar-refractivity contribution >= 4 is 20.8 Å². The van der Waals surface area contributed by atoms with Crippen LogP contribution in [0.1, 0.15) is 22.7 Å². The van der Waals surface area contributed by atoms with E-state index in [1.807, 2.05) is 73.7 Å². The number of methoxy groups -OCH3 is 1. The number of aryl methyl sites for hydroxylation is 1. The van der Waals surface area contributed by atoms with Gasteiger partial charge in [-0.3, -0.25) is 0 Å². The van der Waals surface area contributed by atoms with E-state index in [4.69, 9.17) is 4.74 Å². The van der Waals surface area contributed by atoms with Gasteiger partial charge >= 0.3 is 0 Å². The van der Waals surface area contributed by atoms with Crippen molar-refractivity contribution in [2.24, 2.45) is 0 Å². The molecular weight excluding hydrogens is 394 g/mol. The Morgan fingerprint density at radius 1 is 0.800 bits per heavy atom. The summed E-state index contributed by atoms with van der Waals surface area (Å²) in [6.45, 7) is 1.93. The van der Waals surface area contributed by atoms with E-state index in [2.05, 4.69) is 4.72 Å². The molecule has 1 atom stereocenters. The molecule has 0 amide bonds. The van der Waals surface area contributed by atoms with Crippen molar-refractivity contribution < 1.29 is 13.2 Å². The summed E-state index contributed by atoms with van der Waals surface area (Å²) in [5.74, 6) is 0.719. The Morgan fingerprint density at radius 2 is 1.47 bits per heavy atom. The summed E-state index contributed by atoms with van der Waals surface area (Å²) in [7, 11) is -2.13. The van der Waals surface area contributed by atoms with Gasteiger partial charge in [-0.25, -0.2) is 8.42 Å². The van der Waals surface area contributed by atoms with E-state index in [1.54, 1.807) is 31.4 Å². The number of hydrogen-bond acceptors (Lipinski definition) is 3. The van der Waals surface area contributed by atoms with Gasteiger partial charge in [0.25, 0.3) is 0 Å². The lowest BCUT2D eigenvalue weighted by molar-refractivity contribution is 0.414. The van der Waals surface area contributed by atoms with Crippen molar-refractivity contribution in [2.75, 3.05) is 7.11 Å². The molecule has 0 bridgehead atoms. The molecule has 0 aliphatic carbocycles. The van der Waals surface area contributed by atoms with Crippen molar-refractivity contribution in [2.45, 2.75) is 17.9 Å². The zero-order valence-corrected chi connectivity index (χ0v) is 17.7. The van der Waals surface area contributed by atoms with Crippen LogP contribution in [0.25, 0.3) is 10.8 Å². The Morgan fingerprint density at radius 3 is 2.17 bits per heavy atom. The number of sulfonamides is 1. The quantitative estimate of drug-likeness (QED) is 0.468. The molecule has 4 nitrogen and oxygen atoms in total. The van der Waals surface area contributed by atoms with Crippen LogP contribution in [-0.2, 0) is 10.0 Å². The molecule has 0 spiro atoms. The van der Waals surface area contributed by atoms with Gasteiger partial charge in [0.05, 0.1) is 18.0 Å². The Labute approximate surface area is 177 Å². The first kappa shape index (κ1) is 20.1. The molecule has 0 saturated carbocycles. The molecule has 0 heterocycles. The van der Waals surface area contributed by atoms with Gasteiger partial charge in [-0.2, -0.15) is 4.72 Å². The van der Waals surface area contributed by atoms with Crippen LogP contribution in [0.5, 0.6) is 5.75 Å². The third kappa shape index (κ3) is 4.08. The molecule has 0 aliphatic rings. The lowest BCUT2D eigenvalue weighted by Crippen LogP contribution is -2.29. The van der Waals surface area contributed by atoms with Crippen LogP contribution in [0.4, 0.5) is 0 Å². The fraction of sp³-hybridized carbons (Fsp3) is 0.120. The molecule has 4 rings (SSSR count). The van der Waals surface area contributed by atoms with Crippen LogP contribution in [0, 0.1) is 6.92 Å². The molecule has 0 radical (unpaired) electrons. The van der Waals surface area contributed by atoms with E-state index >= 15 is 0 Å². The number of ether oxygens (including phenoxy) is 1. The summed E-state index contributed by atoms with van der Waals surface area (Å²) in [6.07, 6.45) is 0. The second-order valence-electron chi connectivity index (χ2n) is 7.21. The van der Waals surface area contributed by atoms with Crippen LogP contribution in [0.2, 0.25) is 0 Å². The van der Waals surface area contributed by atoms with Crippen LogP contribution in [0.15, 0.2) is 95.9 Å². The van der Waals surface area contributed by atoms with Gasteiger partial charge in [0.1, 0.15) is 5.75 Å². The minimum atomic E-state index is -3.74. The highest BCUT2D eigenvalue weighted by atomic mass is 32.2. The summed E-state index contributed by atoms with van der Waals surface area (Å²) in [6, 6.07) is 27.7. The lowest BCUT2D eigenvalue weighted by atomic mass is 9.94. The Bertz CT molecular complexity index is 1260. The zero-order valence-electron chi connectivity index (χ0n) is 16.9. The standard InChI is InChI=1S/C25H23NO3S/c1-18-10-16-22(17-11-18)30(27,28)26-25(20-12-14-21(29-2)15-13-20)24-9-5-7-19-6-3-4-8-23(19)24/h3-17,25-26H,1-2H3/t25-/m0/s1. The Hall–Kier alpha value is -3.15. The molecule has 0 aromatic heterocycles. The number of hydrogen-bond donors (Lipinski definition) is 1. The van der Waals surface area contributed by atoms with Gasteiger partial charge in [0.15, 0.2) is 0 Å². The van der Waals surface area contributed by atoms with Crippen molar-refractivity contribution in [3.8, 4) is 5.75 Å². The van der Waals surface area contributed by atoms with Gasteiger partial charge in [-0.15, -0.1) is 0 Å². The van der Waals surface area contributed by atoms with E-state index in [0.29, 0.717) is 0 Å². The van der Waals surface area contributed by atoms with Crippen LogP contribution < -0.4 is 9.46 Å². The molecular formula is C25H23NO3S. The second-order valence-corrected chi connectivity index (χ2v) is 8.92. The lowest BCUT2D eigenvalue weighted by Gasteiger charge is -2.22. The maximum atomic E-state index is 13.2. The van der Waals surface area contributed by atoms with Gasteiger partial charge in [-0.05, 0) is 53.1 Å². The molecule has 5 heteroatoms. The largest absolute Gasteiger partial charge is 0.497 e. The van der Waals surface area contributed by atoms with Gasteiger partial charge < -0.3 is 4.74 Å². The van der Waals surface area contributed by atoms with E-state index in [1.165, 1.54) is 0 Å². The van der Waals surface area contributed by atoms with Gasteiger partial charge in [0, 0.05) is 0 Å². The van der Waals surface area contributed by atoms with Crippen LogP contribution in [-0.4, -0.2) is 15.5 Å². The van der Waals surface area contributed by atoms with E-state index < -0.39 is 16.1 Å². The number of benzene rings is 4. The average Bonchev–Trinajstić information content (AvgIpc) is 2.77. The SMILES string of the molecule is COc1ccc([C@H](NS(=O)(=O)c2ccc(C)cc2)c2cccc3ccccc23)cc1. The minimum Gasteiger partial charge on any atom is -0.497 e. The highest BCUT2D eigenvalue weighted by Crippen LogP contribution is 2.31. The molecule has 0 unspecified atom stereocenters. The molecule has 4 aromatic rings. The van der Waals surface area contributed by atoms with Crippen LogP contribution >= 0.6 is 0 Å². The summed E-state index contributed by atoms with van der Waals surface area (Å²) >= 11 is 0. The smallest absolute Gasteiger partial charge is 0.241 e. The fourth-order valence-electron chi connectivity index (χ4n) is 3.55. The molecule has 30 heavy (non-hydrogen) atoms. The minimum absolute atomic E-state index is 0.242. The van der Waals surface area contributed by atoms with Crippen molar-refractivity contribution in [3.63, 3.8) is 0 Å². The molecule has 1 N–H and O–H groups in total. The summed E-state index contributed by atoms with van der Waals surface area (Å²) in [4.78, 5) is 0.242. The zero-order chi connectivity index (χ0) is 21.1. The van der Waals surface area contributed by atoms with Gasteiger partial charge in [-0.1, -0.05) is 72.3 Å². The molecule has 0 fully saturated rings. The van der Waals surface area contributed by atoms with Crippen LogP contribution in [0.3, 0.4) is 0 Å². The van der Waals surface area contributed by atoms with Crippen molar-refractivity contribution in [3.05, 3.63) is 108 Å². The maximum absolute atomic E-state index is 13.2. The first-order valence-electron chi connectivity index (χ1n) is 9.68. The average molecular weight is 418 g/mol. The van der Waals surface area contributed by atoms with E-state index in [0.717, 1.165) is 33.2 Å². The Balaban J connectivity index is 1.84. The highest BCUT2D eigenvalue weighted by molar-refractivity contribution is 7.89. The number of rotatable bonds is 6. The third-order valence-electron chi connectivity index (χ3n) is 5.19. The van der Waals surface area contributed by atoms with Crippen molar-refractivity contribution in [1.29, 1.82) is 0 Å². The normalized spacial score (nSPS) is 12.6. The van der Waals surface area contributed by atoms with E-state index in [-0.39, 0.29) is 4.90 Å². The molecule has 152 valence electrons. The monoisotopic (exact) mass is 417 g/mol. The summed E-state index contributed by atoms with van der Waals surface area (Å²) in [5.41, 5.74) is 2.74. The molecule has 0 saturated heterocycles. The number of fused-ring (bicyclic) bond motifs is 1. The first-order chi connectivity index (χ1) is 14.5. The molecule has 4 aromatic carbocycles. The topological polar surface area (TPSA) is 55.4 Å². The predicted molar refractivity (Wildman–Crippen MR) is 120 cm³/mol. The second kappa shape index (κ2) is 8.30. The summed E-state index contributed by atoms with van der Waals surface area (Å²) < 4.78 is 34.6. The van der Waals surface area contributed by atoms with E-state index in [9.17, 15) is 8.42 Å². The third-order valence-corrected chi connectivity index (χ3v) is 6.63. The Kier molecular flexibility index (Phi) is 5.57. The predicted octanol–water partition coefficient (Wildman–Crippen LogP) is 5.22. The first-order valence-corrected chi connectivity index (χ1v) is 11.2. The molecule has 0 aliphatic heterocycles.